The Bertz CT molecular complexity index is 947. The Kier molecular flexibility index (Phi) is 6.33. The van der Waals surface area contributed by atoms with Crippen molar-refractivity contribution in [3.8, 4) is 5.88 Å². The largest absolute Gasteiger partial charge is 0.476 e. The number of ether oxygens (including phenoxy) is 1. The molecule has 0 spiro atoms. The van der Waals surface area contributed by atoms with Crippen LogP contribution >= 0.6 is 11.6 Å². The number of hydrogen-bond donors (Lipinski definition) is 3. The zero-order valence-electron chi connectivity index (χ0n) is 15.4. The van der Waals surface area contributed by atoms with Crippen molar-refractivity contribution < 1.29 is 14.6 Å². The minimum Gasteiger partial charge on any atom is -0.476 e. The van der Waals surface area contributed by atoms with Crippen LogP contribution in [-0.4, -0.2) is 38.6 Å². The van der Waals surface area contributed by atoms with Gasteiger partial charge in [-0.15, -0.1) is 0 Å². The normalized spacial score (nSPS) is 13.2. The summed E-state index contributed by atoms with van der Waals surface area (Å²) >= 11 is 6.03. The topological polar surface area (TPSA) is 115 Å². The van der Waals surface area contributed by atoms with Crippen molar-refractivity contribution in [1.82, 2.24) is 20.1 Å². The first-order chi connectivity index (χ1) is 13.5. The first-order valence-corrected chi connectivity index (χ1v) is 9.23. The number of aromatic nitrogens is 3. The van der Waals surface area contributed by atoms with E-state index in [1.54, 1.807) is 24.0 Å². The Balaban J connectivity index is 1.61. The van der Waals surface area contributed by atoms with E-state index >= 15 is 0 Å². The molecule has 148 valence electrons. The van der Waals surface area contributed by atoms with E-state index in [0.717, 1.165) is 16.5 Å². The molecule has 1 aromatic carbocycles. The third-order valence-electron chi connectivity index (χ3n) is 4.38. The second-order valence-corrected chi connectivity index (χ2v) is 6.80. The van der Waals surface area contributed by atoms with E-state index < -0.39 is 18.2 Å². The van der Waals surface area contributed by atoms with Gasteiger partial charge >= 0.3 is 6.03 Å². The van der Waals surface area contributed by atoms with Crippen LogP contribution in [-0.2, 0) is 7.05 Å². The van der Waals surface area contributed by atoms with Gasteiger partial charge in [0.1, 0.15) is 10.7 Å². The lowest BCUT2D eigenvalue weighted by Gasteiger charge is -2.24. The lowest BCUT2D eigenvalue weighted by atomic mass is 9.98. The number of hydrogen-bond acceptors (Lipinski definition) is 5. The van der Waals surface area contributed by atoms with Gasteiger partial charge in [-0.25, -0.2) is 4.79 Å². The summed E-state index contributed by atoms with van der Waals surface area (Å²) < 4.78 is 7.45. The molecule has 0 aliphatic rings. The molecule has 3 rings (SSSR count). The van der Waals surface area contributed by atoms with Crippen molar-refractivity contribution in [3.63, 3.8) is 0 Å². The SMILES string of the molecule is Cn1ncc2cc(Cl)nc(OCCCC(O)C(NC(N)=O)c3ccccc3)c21. The molecule has 2 heterocycles. The number of primary amides is 1. The second kappa shape index (κ2) is 8.90. The van der Waals surface area contributed by atoms with E-state index in [9.17, 15) is 9.90 Å². The van der Waals surface area contributed by atoms with Crippen molar-refractivity contribution >= 4 is 28.5 Å². The Morgan fingerprint density at radius 1 is 1.39 bits per heavy atom. The molecular weight excluding hydrogens is 382 g/mol. The fourth-order valence-electron chi connectivity index (χ4n) is 3.08. The number of nitrogens with zero attached hydrogens (tertiary/aromatic N) is 3. The van der Waals surface area contributed by atoms with Gasteiger partial charge in [0, 0.05) is 12.4 Å². The van der Waals surface area contributed by atoms with Gasteiger partial charge in [0.2, 0.25) is 5.88 Å². The van der Waals surface area contributed by atoms with Crippen LogP contribution in [0.3, 0.4) is 0 Å². The minimum atomic E-state index is -0.817. The van der Waals surface area contributed by atoms with Crippen LogP contribution in [0.2, 0.25) is 5.15 Å². The Hall–Kier alpha value is -2.84. The zero-order valence-corrected chi connectivity index (χ0v) is 16.1. The Morgan fingerprint density at radius 3 is 2.86 bits per heavy atom. The van der Waals surface area contributed by atoms with Gasteiger partial charge in [0.15, 0.2) is 0 Å². The standard InChI is InChI=1S/C19H22ClN5O3/c1-25-17-13(11-22-25)10-15(20)23-18(17)28-9-5-8-14(26)16(24-19(21)27)12-6-3-2-4-7-12/h2-4,6-7,10-11,14,16,26H,5,8-9H2,1H3,(H3,21,24,27). The second-order valence-electron chi connectivity index (χ2n) is 6.41. The molecule has 0 aliphatic carbocycles. The van der Waals surface area contributed by atoms with Crippen LogP contribution < -0.4 is 15.8 Å². The maximum Gasteiger partial charge on any atom is 0.312 e. The average Bonchev–Trinajstić information content (AvgIpc) is 3.04. The summed E-state index contributed by atoms with van der Waals surface area (Å²) in [6.45, 7) is 0.322. The summed E-state index contributed by atoms with van der Waals surface area (Å²) in [6.07, 6.45) is 1.81. The number of nitrogens with one attached hydrogen (secondary N) is 1. The molecule has 0 aliphatic heterocycles. The van der Waals surface area contributed by atoms with Gasteiger partial charge in [-0.3, -0.25) is 4.68 Å². The first-order valence-electron chi connectivity index (χ1n) is 8.85. The molecule has 2 aromatic heterocycles. The molecule has 3 aromatic rings. The molecule has 28 heavy (non-hydrogen) atoms. The van der Waals surface area contributed by atoms with Crippen LogP contribution in [0.5, 0.6) is 5.88 Å². The van der Waals surface area contributed by atoms with Crippen LogP contribution in [0.1, 0.15) is 24.4 Å². The van der Waals surface area contributed by atoms with E-state index in [4.69, 9.17) is 22.1 Å². The van der Waals surface area contributed by atoms with E-state index in [2.05, 4.69) is 15.4 Å². The average molecular weight is 404 g/mol. The maximum absolute atomic E-state index is 11.3. The van der Waals surface area contributed by atoms with Crippen molar-refractivity contribution in [2.24, 2.45) is 12.8 Å². The summed E-state index contributed by atoms with van der Waals surface area (Å²) in [4.78, 5) is 15.5. The van der Waals surface area contributed by atoms with Crippen LogP contribution in [0.4, 0.5) is 4.79 Å². The fourth-order valence-corrected chi connectivity index (χ4v) is 3.27. The smallest absolute Gasteiger partial charge is 0.312 e. The molecule has 0 saturated heterocycles. The highest BCUT2D eigenvalue weighted by Gasteiger charge is 2.22. The molecular formula is C19H22ClN5O3. The Labute approximate surface area is 167 Å². The minimum absolute atomic E-state index is 0.322. The monoisotopic (exact) mass is 403 g/mol. The highest BCUT2D eigenvalue weighted by molar-refractivity contribution is 6.30. The number of carbonyl (C=O) groups excluding carboxylic acids is 1. The van der Waals surface area contributed by atoms with E-state index in [0.29, 0.717) is 30.5 Å². The zero-order chi connectivity index (χ0) is 20.1. The molecule has 0 saturated carbocycles. The predicted molar refractivity (Wildman–Crippen MR) is 106 cm³/mol. The molecule has 9 heteroatoms. The summed E-state index contributed by atoms with van der Waals surface area (Å²) in [5.74, 6) is 0.395. The van der Waals surface area contributed by atoms with Gasteiger partial charge in [0.25, 0.3) is 0 Å². The number of amides is 2. The molecule has 4 N–H and O–H groups in total. The lowest BCUT2D eigenvalue weighted by Crippen LogP contribution is -2.39. The van der Waals surface area contributed by atoms with Crippen LogP contribution in [0.15, 0.2) is 42.6 Å². The van der Waals surface area contributed by atoms with Gasteiger partial charge in [-0.2, -0.15) is 10.1 Å². The number of urea groups is 1. The first kappa shape index (κ1) is 19.9. The molecule has 0 bridgehead atoms. The maximum atomic E-state index is 11.3. The third kappa shape index (κ3) is 4.71. The van der Waals surface area contributed by atoms with Crippen molar-refractivity contribution in [2.75, 3.05) is 6.61 Å². The van der Waals surface area contributed by atoms with Gasteiger partial charge < -0.3 is 20.9 Å². The fraction of sp³-hybridized carbons (Fsp3) is 0.316. The van der Waals surface area contributed by atoms with Crippen LogP contribution in [0, 0.1) is 0 Å². The molecule has 2 atom stereocenters. The van der Waals surface area contributed by atoms with Gasteiger partial charge in [-0.1, -0.05) is 41.9 Å². The predicted octanol–water partition coefficient (Wildman–Crippen LogP) is 2.55. The number of pyridine rings is 1. The Morgan fingerprint density at radius 2 is 2.14 bits per heavy atom. The summed E-state index contributed by atoms with van der Waals surface area (Å²) in [6, 6.07) is 9.64. The van der Waals surface area contributed by atoms with Crippen molar-refractivity contribution in [1.29, 1.82) is 0 Å². The number of aryl methyl sites for hydroxylation is 1. The molecule has 0 radical (unpaired) electrons. The van der Waals surface area contributed by atoms with Gasteiger partial charge in [-0.05, 0) is 24.5 Å². The number of rotatable bonds is 8. The molecule has 0 fully saturated rings. The van der Waals surface area contributed by atoms with Gasteiger partial charge in [0.05, 0.1) is 24.9 Å². The number of benzene rings is 1. The quantitative estimate of drug-likeness (QED) is 0.395. The number of nitrogens with two attached hydrogens (primary N) is 1. The highest BCUT2D eigenvalue weighted by Crippen LogP contribution is 2.26. The molecule has 2 amide bonds. The van der Waals surface area contributed by atoms with E-state index in [-0.39, 0.29) is 0 Å². The number of carbonyl (C=O) groups is 1. The van der Waals surface area contributed by atoms with Crippen LogP contribution in [0.25, 0.3) is 10.9 Å². The molecule has 8 nitrogen and oxygen atoms in total. The highest BCUT2D eigenvalue weighted by atomic mass is 35.5. The number of aliphatic hydroxyl groups excluding tert-OH is 1. The van der Waals surface area contributed by atoms with Crippen molar-refractivity contribution in [2.45, 2.75) is 25.0 Å². The summed E-state index contributed by atoms with van der Waals surface area (Å²) in [7, 11) is 1.80. The van der Waals surface area contributed by atoms with E-state index in [1.807, 2.05) is 30.3 Å². The lowest BCUT2D eigenvalue weighted by molar-refractivity contribution is 0.113. The third-order valence-corrected chi connectivity index (χ3v) is 4.57. The number of aliphatic hydroxyl groups is 1. The summed E-state index contributed by atoms with van der Waals surface area (Å²) in [5, 5.41) is 18.5. The molecule has 2 unspecified atom stereocenters. The van der Waals surface area contributed by atoms with Crippen molar-refractivity contribution in [3.05, 3.63) is 53.3 Å². The number of fused-ring (bicyclic) bond motifs is 1. The van der Waals surface area contributed by atoms with E-state index in [1.165, 1.54) is 0 Å². The number of halogens is 1. The summed E-state index contributed by atoms with van der Waals surface area (Å²) in [5.41, 5.74) is 6.79.